The van der Waals surface area contributed by atoms with Gasteiger partial charge >= 0.3 is 0 Å². The molecule has 0 aliphatic carbocycles. The lowest BCUT2D eigenvalue weighted by molar-refractivity contribution is 0.220. The van der Waals surface area contributed by atoms with Gasteiger partial charge in [0, 0.05) is 12.1 Å². The smallest absolute Gasteiger partial charge is 0.0845 e. The monoisotopic (exact) mass is 156 g/mol. The zero-order chi connectivity index (χ0) is 8.74. The Hall–Kier alpha value is -0.590. The fourth-order valence-electron chi connectivity index (χ4n) is 0.890. The molecular weight excluding hydrogens is 140 g/mol. The van der Waals surface area contributed by atoms with Crippen LogP contribution >= 0.6 is 0 Å². The van der Waals surface area contributed by atoms with E-state index in [1.165, 1.54) is 0 Å². The molecule has 0 aliphatic heterocycles. The van der Waals surface area contributed by atoms with Gasteiger partial charge in [0.1, 0.15) is 0 Å². The van der Waals surface area contributed by atoms with E-state index in [1.807, 2.05) is 19.9 Å². The number of aliphatic hydroxyl groups excluding tert-OH is 1. The highest BCUT2D eigenvalue weighted by molar-refractivity contribution is 4.86. The maximum Gasteiger partial charge on any atom is 0.0845 e. The predicted octanol–water partition coefficient (Wildman–Crippen LogP) is 0.651. The zero-order valence-corrected chi connectivity index (χ0v) is 7.22. The van der Waals surface area contributed by atoms with Crippen molar-refractivity contribution in [1.82, 2.24) is 5.32 Å². The molecular formula is C8H16N2O. The van der Waals surface area contributed by atoms with Crippen molar-refractivity contribution in [2.75, 3.05) is 13.2 Å². The number of hydrogen-bond acceptors (Lipinski definition) is 3. The lowest BCUT2D eigenvalue weighted by Crippen LogP contribution is -2.42. The summed E-state index contributed by atoms with van der Waals surface area (Å²) < 4.78 is 0. The second-order valence-electron chi connectivity index (χ2n) is 2.90. The Morgan fingerprint density at radius 2 is 2.27 bits per heavy atom. The fraction of sp³-hybridized carbons (Fsp3) is 0.875. The number of nitrogens with zero attached hydrogens (tertiary/aromatic N) is 1. The molecule has 0 spiro atoms. The van der Waals surface area contributed by atoms with Crippen LogP contribution in [0.4, 0.5) is 0 Å². The Morgan fingerprint density at radius 1 is 1.64 bits per heavy atom. The first kappa shape index (κ1) is 10.4. The second kappa shape index (κ2) is 5.11. The minimum absolute atomic E-state index is 0.0789. The zero-order valence-electron chi connectivity index (χ0n) is 7.22. The molecule has 0 saturated heterocycles. The average molecular weight is 156 g/mol. The molecule has 0 fully saturated rings. The molecule has 3 nitrogen and oxygen atoms in total. The molecule has 2 N–H and O–H groups in total. The molecule has 0 heterocycles. The molecule has 0 rings (SSSR count). The lowest BCUT2D eigenvalue weighted by Gasteiger charge is -2.27. The Kier molecular flexibility index (Phi) is 4.84. The first-order valence-corrected chi connectivity index (χ1v) is 3.91. The predicted molar refractivity (Wildman–Crippen MR) is 44.0 cm³/mol. The topological polar surface area (TPSA) is 56.0 Å². The number of rotatable bonds is 5. The number of nitriles is 1. The lowest BCUT2D eigenvalue weighted by atomic mass is 9.95. The number of aliphatic hydroxyl groups is 1. The van der Waals surface area contributed by atoms with Crippen molar-refractivity contribution in [2.24, 2.45) is 0 Å². The van der Waals surface area contributed by atoms with E-state index in [-0.39, 0.29) is 12.1 Å². The van der Waals surface area contributed by atoms with Gasteiger partial charge in [-0.3, -0.25) is 5.32 Å². The van der Waals surface area contributed by atoms with Gasteiger partial charge in [-0.15, -0.1) is 0 Å². The van der Waals surface area contributed by atoms with Gasteiger partial charge in [-0.25, -0.2) is 0 Å². The minimum atomic E-state index is -0.0789. The molecule has 64 valence electrons. The van der Waals surface area contributed by atoms with Crippen LogP contribution in [0, 0.1) is 11.3 Å². The standard InChI is InChI=1S/C8H16N2O/c1-3-8(2,4-7-11)10-6-5-9/h10-11H,3-4,6-7H2,1-2H3. The summed E-state index contributed by atoms with van der Waals surface area (Å²) in [6.45, 7) is 4.58. The van der Waals surface area contributed by atoms with E-state index in [0.29, 0.717) is 13.0 Å². The molecule has 0 aromatic rings. The van der Waals surface area contributed by atoms with Gasteiger partial charge in [0.15, 0.2) is 0 Å². The third kappa shape index (κ3) is 3.97. The molecule has 0 aliphatic rings. The normalized spacial score (nSPS) is 15.5. The largest absolute Gasteiger partial charge is 0.396 e. The molecule has 3 heteroatoms. The molecule has 1 unspecified atom stereocenters. The molecule has 0 bridgehead atoms. The molecule has 0 aromatic carbocycles. The van der Waals surface area contributed by atoms with Crippen LogP contribution in [0.3, 0.4) is 0 Å². The summed E-state index contributed by atoms with van der Waals surface area (Å²) >= 11 is 0. The van der Waals surface area contributed by atoms with E-state index in [2.05, 4.69) is 5.32 Å². The Labute approximate surface area is 68.0 Å². The quantitative estimate of drug-likeness (QED) is 0.575. The molecule has 0 aromatic heterocycles. The summed E-state index contributed by atoms with van der Waals surface area (Å²) in [4.78, 5) is 0. The van der Waals surface area contributed by atoms with Crippen molar-refractivity contribution < 1.29 is 5.11 Å². The molecule has 1 atom stereocenters. The van der Waals surface area contributed by atoms with Crippen LogP contribution in [0.5, 0.6) is 0 Å². The Balaban J connectivity index is 3.79. The van der Waals surface area contributed by atoms with Gasteiger partial charge in [-0.2, -0.15) is 5.26 Å². The first-order valence-electron chi connectivity index (χ1n) is 3.91. The summed E-state index contributed by atoms with van der Waals surface area (Å²) in [5, 5.41) is 20.1. The van der Waals surface area contributed by atoms with Crippen LogP contribution in [-0.2, 0) is 0 Å². The van der Waals surface area contributed by atoms with E-state index < -0.39 is 0 Å². The van der Waals surface area contributed by atoms with E-state index in [1.54, 1.807) is 0 Å². The van der Waals surface area contributed by atoms with Crippen molar-refractivity contribution in [2.45, 2.75) is 32.2 Å². The number of nitrogens with one attached hydrogen (secondary N) is 1. The van der Waals surface area contributed by atoms with Gasteiger partial charge in [0.05, 0.1) is 12.6 Å². The highest BCUT2D eigenvalue weighted by Gasteiger charge is 2.19. The summed E-state index contributed by atoms with van der Waals surface area (Å²) in [6, 6.07) is 2.02. The summed E-state index contributed by atoms with van der Waals surface area (Å²) in [5.74, 6) is 0. The third-order valence-corrected chi connectivity index (χ3v) is 2.04. The molecule has 0 amide bonds. The van der Waals surface area contributed by atoms with Gasteiger partial charge < -0.3 is 5.11 Å². The maximum absolute atomic E-state index is 8.71. The van der Waals surface area contributed by atoms with Gasteiger partial charge in [-0.05, 0) is 19.8 Å². The van der Waals surface area contributed by atoms with Crippen LogP contribution in [0.2, 0.25) is 0 Å². The highest BCUT2D eigenvalue weighted by Crippen LogP contribution is 2.12. The molecule has 0 radical (unpaired) electrons. The summed E-state index contributed by atoms with van der Waals surface area (Å²) in [6.07, 6.45) is 1.63. The highest BCUT2D eigenvalue weighted by atomic mass is 16.3. The SMILES string of the molecule is CCC(C)(CCO)NCC#N. The average Bonchev–Trinajstić information content (AvgIpc) is 2.02. The van der Waals surface area contributed by atoms with Crippen LogP contribution in [-0.4, -0.2) is 23.8 Å². The van der Waals surface area contributed by atoms with Crippen LogP contribution in [0.15, 0.2) is 0 Å². The van der Waals surface area contributed by atoms with Gasteiger partial charge in [-0.1, -0.05) is 6.92 Å². The second-order valence-corrected chi connectivity index (χ2v) is 2.90. The van der Waals surface area contributed by atoms with E-state index in [0.717, 1.165) is 6.42 Å². The van der Waals surface area contributed by atoms with Gasteiger partial charge in [0.25, 0.3) is 0 Å². The Bertz CT molecular complexity index is 142. The first-order chi connectivity index (χ1) is 5.18. The maximum atomic E-state index is 8.71. The van der Waals surface area contributed by atoms with E-state index in [9.17, 15) is 0 Å². The van der Waals surface area contributed by atoms with Gasteiger partial charge in [0.2, 0.25) is 0 Å². The van der Waals surface area contributed by atoms with Crippen molar-refractivity contribution >= 4 is 0 Å². The molecule has 11 heavy (non-hydrogen) atoms. The van der Waals surface area contributed by atoms with E-state index in [4.69, 9.17) is 10.4 Å². The third-order valence-electron chi connectivity index (χ3n) is 2.04. The van der Waals surface area contributed by atoms with Crippen molar-refractivity contribution in [1.29, 1.82) is 5.26 Å². The van der Waals surface area contributed by atoms with E-state index >= 15 is 0 Å². The van der Waals surface area contributed by atoms with Crippen molar-refractivity contribution in [3.8, 4) is 6.07 Å². The van der Waals surface area contributed by atoms with Crippen molar-refractivity contribution in [3.63, 3.8) is 0 Å². The fourth-order valence-corrected chi connectivity index (χ4v) is 0.890. The van der Waals surface area contributed by atoms with Crippen LogP contribution in [0.25, 0.3) is 0 Å². The van der Waals surface area contributed by atoms with Crippen molar-refractivity contribution in [3.05, 3.63) is 0 Å². The summed E-state index contributed by atoms with van der Waals surface area (Å²) in [5.41, 5.74) is -0.0789. The minimum Gasteiger partial charge on any atom is -0.396 e. The summed E-state index contributed by atoms with van der Waals surface area (Å²) in [7, 11) is 0. The van der Waals surface area contributed by atoms with Crippen LogP contribution in [0.1, 0.15) is 26.7 Å². The molecule has 0 saturated carbocycles. The van der Waals surface area contributed by atoms with Crippen LogP contribution < -0.4 is 5.32 Å². The Morgan fingerprint density at radius 3 is 2.64 bits per heavy atom. The number of hydrogen-bond donors (Lipinski definition) is 2.